The smallest absolute Gasteiger partial charge is 0.318 e. The second kappa shape index (κ2) is 7.16. The molecule has 0 spiro atoms. The minimum atomic E-state index is -0.880. The van der Waals surface area contributed by atoms with E-state index in [1.54, 1.807) is 42.7 Å². The van der Waals surface area contributed by atoms with Crippen LogP contribution in [0.15, 0.2) is 53.9 Å². The Morgan fingerprint density at radius 3 is 2.76 bits per heavy atom. The zero-order valence-corrected chi connectivity index (χ0v) is 11.5. The number of aromatic nitrogens is 1. The van der Waals surface area contributed by atoms with Crippen LogP contribution in [-0.4, -0.2) is 23.0 Å². The average Bonchev–Trinajstić information content (AvgIpc) is 2.48. The lowest BCUT2D eigenvalue weighted by Gasteiger charge is -2.03. The van der Waals surface area contributed by atoms with Gasteiger partial charge in [-0.3, -0.25) is 14.6 Å². The lowest BCUT2D eigenvalue weighted by molar-refractivity contribution is -0.136. The fourth-order valence-corrected chi connectivity index (χ4v) is 1.61. The summed E-state index contributed by atoms with van der Waals surface area (Å²) in [5.74, 6) is -1.71. The van der Waals surface area contributed by atoms with Crippen molar-refractivity contribution >= 4 is 35.3 Å². The van der Waals surface area contributed by atoms with Gasteiger partial charge in [-0.1, -0.05) is 23.7 Å². The quantitative estimate of drug-likeness (QED) is 0.515. The third-order valence-corrected chi connectivity index (χ3v) is 2.59. The van der Waals surface area contributed by atoms with Crippen molar-refractivity contribution in [1.29, 1.82) is 0 Å². The van der Waals surface area contributed by atoms with E-state index < -0.39 is 11.8 Å². The first-order chi connectivity index (χ1) is 10.1. The van der Waals surface area contributed by atoms with E-state index in [1.807, 2.05) is 0 Å². The summed E-state index contributed by atoms with van der Waals surface area (Å²) in [6.07, 6.45) is 4.58. The number of hydrazone groups is 1. The fourth-order valence-electron chi connectivity index (χ4n) is 1.42. The molecule has 0 atom stereocenters. The number of nitrogens with zero attached hydrogens (tertiary/aromatic N) is 2. The van der Waals surface area contributed by atoms with Crippen LogP contribution in [0.2, 0.25) is 5.02 Å². The topological polar surface area (TPSA) is 83.5 Å². The van der Waals surface area contributed by atoms with E-state index in [-0.39, 0.29) is 0 Å². The summed E-state index contributed by atoms with van der Waals surface area (Å²) in [6, 6.07) is 9.97. The van der Waals surface area contributed by atoms with E-state index >= 15 is 0 Å². The largest absolute Gasteiger partial charge is 0.329 e. The van der Waals surface area contributed by atoms with Crippen molar-refractivity contribution in [3.63, 3.8) is 0 Å². The molecule has 0 unspecified atom stereocenters. The number of hydrogen-bond acceptors (Lipinski definition) is 4. The highest BCUT2D eigenvalue weighted by Crippen LogP contribution is 2.14. The standard InChI is InChI=1S/C14H11ClN4O2/c15-11-4-1-5-12(7-11)18-13(20)14(21)19-17-9-10-3-2-6-16-8-10/h1-9H,(H,18,20)(H,19,21)/b17-9-. The Hall–Kier alpha value is -2.73. The Balaban J connectivity index is 1.88. The molecule has 0 aliphatic heterocycles. The Labute approximate surface area is 125 Å². The number of carbonyl (C=O) groups excluding carboxylic acids is 2. The van der Waals surface area contributed by atoms with E-state index in [9.17, 15) is 9.59 Å². The van der Waals surface area contributed by atoms with Gasteiger partial charge in [-0.15, -0.1) is 0 Å². The van der Waals surface area contributed by atoms with Crippen LogP contribution in [0, 0.1) is 0 Å². The molecule has 1 aromatic heterocycles. The monoisotopic (exact) mass is 302 g/mol. The molecule has 0 saturated heterocycles. The van der Waals surface area contributed by atoms with E-state index in [0.717, 1.165) is 0 Å². The first-order valence-corrected chi connectivity index (χ1v) is 6.33. The number of anilines is 1. The molecule has 106 valence electrons. The molecule has 0 saturated carbocycles. The van der Waals surface area contributed by atoms with Gasteiger partial charge in [0.05, 0.1) is 6.21 Å². The molecule has 2 amide bonds. The van der Waals surface area contributed by atoms with Gasteiger partial charge in [0.2, 0.25) is 0 Å². The van der Waals surface area contributed by atoms with Gasteiger partial charge in [0, 0.05) is 28.7 Å². The van der Waals surface area contributed by atoms with Gasteiger partial charge < -0.3 is 5.32 Å². The third-order valence-electron chi connectivity index (χ3n) is 2.35. The van der Waals surface area contributed by atoms with Crippen LogP contribution in [0.5, 0.6) is 0 Å². The predicted molar refractivity (Wildman–Crippen MR) is 80.1 cm³/mol. The summed E-state index contributed by atoms with van der Waals surface area (Å²) in [6.45, 7) is 0. The number of hydrogen-bond donors (Lipinski definition) is 2. The number of nitrogens with one attached hydrogen (secondary N) is 2. The highest BCUT2D eigenvalue weighted by molar-refractivity contribution is 6.39. The maximum atomic E-state index is 11.6. The summed E-state index contributed by atoms with van der Waals surface area (Å²) < 4.78 is 0. The SMILES string of the molecule is O=C(N/N=C\c1cccnc1)C(=O)Nc1cccc(Cl)c1. The summed E-state index contributed by atoms with van der Waals surface area (Å²) in [4.78, 5) is 27.0. The third kappa shape index (κ3) is 4.70. The van der Waals surface area contributed by atoms with Crippen molar-refractivity contribution < 1.29 is 9.59 Å². The molecule has 0 aliphatic rings. The maximum absolute atomic E-state index is 11.6. The van der Waals surface area contributed by atoms with Gasteiger partial charge in [0.1, 0.15) is 0 Å². The maximum Gasteiger partial charge on any atom is 0.329 e. The highest BCUT2D eigenvalue weighted by Gasteiger charge is 2.12. The molecule has 6 nitrogen and oxygen atoms in total. The average molecular weight is 303 g/mol. The van der Waals surface area contributed by atoms with Crippen LogP contribution in [0.25, 0.3) is 0 Å². The Morgan fingerprint density at radius 1 is 1.19 bits per heavy atom. The first kappa shape index (κ1) is 14.7. The van der Waals surface area contributed by atoms with E-state index in [2.05, 4.69) is 20.8 Å². The second-order valence-corrected chi connectivity index (χ2v) is 4.39. The zero-order chi connectivity index (χ0) is 15.1. The number of rotatable bonds is 3. The Morgan fingerprint density at radius 2 is 2.05 bits per heavy atom. The van der Waals surface area contributed by atoms with Gasteiger partial charge in [-0.05, 0) is 24.3 Å². The molecular weight excluding hydrogens is 292 g/mol. The lowest BCUT2D eigenvalue weighted by Crippen LogP contribution is -2.32. The molecule has 2 N–H and O–H groups in total. The minimum Gasteiger partial charge on any atom is -0.318 e. The number of pyridine rings is 1. The molecule has 7 heteroatoms. The zero-order valence-electron chi connectivity index (χ0n) is 10.8. The summed E-state index contributed by atoms with van der Waals surface area (Å²) in [5, 5.41) is 6.54. The van der Waals surface area contributed by atoms with Crippen molar-refractivity contribution in [2.24, 2.45) is 5.10 Å². The number of benzene rings is 1. The minimum absolute atomic E-state index is 0.430. The van der Waals surface area contributed by atoms with Crippen molar-refractivity contribution in [2.45, 2.75) is 0 Å². The molecule has 1 aromatic carbocycles. The molecule has 0 radical (unpaired) electrons. The van der Waals surface area contributed by atoms with Crippen LogP contribution >= 0.6 is 11.6 Å². The summed E-state index contributed by atoms with van der Waals surface area (Å²) in [7, 11) is 0. The van der Waals surface area contributed by atoms with Gasteiger partial charge in [0.25, 0.3) is 0 Å². The van der Waals surface area contributed by atoms with Crippen LogP contribution in [-0.2, 0) is 9.59 Å². The molecule has 0 fully saturated rings. The number of amides is 2. The highest BCUT2D eigenvalue weighted by atomic mass is 35.5. The van der Waals surface area contributed by atoms with Crippen molar-refractivity contribution in [3.05, 3.63) is 59.4 Å². The van der Waals surface area contributed by atoms with E-state index in [4.69, 9.17) is 11.6 Å². The van der Waals surface area contributed by atoms with Gasteiger partial charge in [-0.2, -0.15) is 5.10 Å². The lowest BCUT2D eigenvalue weighted by atomic mass is 10.3. The van der Waals surface area contributed by atoms with E-state index in [1.165, 1.54) is 12.3 Å². The Kier molecular flexibility index (Phi) is 5.00. The Bertz CT molecular complexity index is 674. The fraction of sp³-hybridized carbons (Fsp3) is 0. The van der Waals surface area contributed by atoms with Crippen molar-refractivity contribution in [1.82, 2.24) is 10.4 Å². The molecule has 1 heterocycles. The number of carbonyl (C=O) groups is 2. The summed E-state index contributed by atoms with van der Waals surface area (Å²) in [5.41, 5.74) is 3.25. The molecule has 2 aromatic rings. The molecule has 0 bridgehead atoms. The number of halogens is 1. The van der Waals surface area contributed by atoms with Crippen molar-refractivity contribution in [3.8, 4) is 0 Å². The van der Waals surface area contributed by atoms with Gasteiger partial charge >= 0.3 is 11.8 Å². The molecule has 21 heavy (non-hydrogen) atoms. The molecule has 2 rings (SSSR count). The molecular formula is C14H11ClN4O2. The normalized spacial score (nSPS) is 10.3. The molecule has 0 aliphatic carbocycles. The summed E-state index contributed by atoms with van der Waals surface area (Å²) >= 11 is 5.78. The van der Waals surface area contributed by atoms with Gasteiger partial charge in [-0.25, -0.2) is 5.43 Å². The predicted octanol–water partition coefficient (Wildman–Crippen LogP) is 1.82. The van der Waals surface area contributed by atoms with Crippen LogP contribution < -0.4 is 10.7 Å². The van der Waals surface area contributed by atoms with Crippen LogP contribution in [0.3, 0.4) is 0 Å². The van der Waals surface area contributed by atoms with Crippen LogP contribution in [0.1, 0.15) is 5.56 Å². The first-order valence-electron chi connectivity index (χ1n) is 5.95. The van der Waals surface area contributed by atoms with Crippen molar-refractivity contribution in [2.75, 3.05) is 5.32 Å². The second-order valence-electron chi connectivity index (χ2n) is 3.95. The van der Waals surface area contributed by atoms with Crippen LogP contribution in [0.4, 0.5) is 5.69 Å². The van der Waals surface area contributed by atoms with E-state index in [0.29, 0.717) is 16.3 Å². The van der Waals surface area contributed by atoms with Gasteiger partial charge in [0.15, 0.2) is 0 Å².